The number of nitrogens with one attached hydrogen (secondary N) is 1. The number of benzene rings is 2. The van der Waals surface area contributed by atoms with Crippen LogP contribution in [0.3, 0.4) is 0 Å². The number of fused-ring (bicyclic) bond motifs is 1. The van der Waals surface area contributed by atoms with E-state index in [0.29, 0.717) is 6.61 Å². The lowest BCUT2D eigenvalue weighted by atomic mass is 10.0. The van der Waals surface area contributed by atoms with Gasteiger partial charge in [-0.15, -0.1) is 0 Å². The molecule has 94 valence electrons. The summed E-state index contributed by atoms with van der Waals surface area (Å²) in [6.07, 6.45) is 0. The van der Waals surface area contributed by atoms with Crippen molar-refractivity contribution in [2.45, 2.75) is 13.0 Å². The Balaban J connectivity index is 2.36. The third kappa shape index (κ3) is 2.51. The predicted molar refractivity (Wildman–Crippen MR) is 72.4 cm³/mol. The van der Waals surface area contributed by atoms with Gasteiger partial charge in [-0.25, -0.2) is 4.79 Å². The summed E-state index contributed by atoms with van der Waals surface area (Å²) < 4.78 is 5.06. The second kappa shape index (κ2) is 5.65. The molecule has 0 saturated heterocycles. The number of rotatable bonds is 4. The van der Waals surface area contributed by atoms with Gasteiger partial charge in [0.15, 0.2) is 0 Å². The number of ether oxygens (including phenoxy) is 1. The molecule has 0 heterocycles. The summed E-state index contributed by atoms with van der Waals surface area (Å²) in [7, 11) is 1.76. The minimum absolute atomic E-state index is 0.240. The summed E-state index contributed by atoms with van der Waals surface area (Å²) in [6.45, 7) is 2.20. The molecule has 1 atom stereocenters. The van der Waals surface area contributed by atoms with E-state index in [0.717, 1.165) is 10.9 Å². The average Bonchev–Trinajstić information content (AvgIpc) is 2.40. The molecule has 0 saturated carbocycles. The maximum Gasteiger partial charge on any atom is 0.327 e. The first-order chi connectivity index (χ1) is 8.76. The molecule has 3 nitrogen and oxygen atoms in total. The van der Waals surface area contributed by atoms with Gasteiger partial charge in [0.1, 0.15) is 6.04 Å². The molecule has 0 amide bonds. The van der Waals surface area contributed by atoms with E-state index in [4.69, 9.17) is 4.74 Å². The number of carbonyl (C=O) groups is 1. The molecular formula is C15H17NO2. The second-order valence-electron chi connectivity index (χ2n) is 4.08. The molecule has 0 fully saturated rings. The average molecular weight is 243 g/mol. The van der Waals surface area contributed by atoms with Crippen LogP contribution in [0.1, 0.15) is 18.5 Å². The van der Waals surface area contributed by atoms with Gasteiger partial charge >= 0.3 is 5.97 Å². The van der Waals surface area contributed by atoms with E-state index in [2.05, 4.69) is 11.4 Å². The standard InChI is InChI=1S/C15H17NO2/c1-3-18-15(17)14(16-2)13-9-8-11-6-4-5-7-12(11)10-13/h4-10,14,16H,3H2,1-2H3. The molecule has 0 aromatic heterocycles. The normalized spacial score (nSPS) is 12.3. The lowest BCUT2D eigenvalue weighted by Gasteiger charge is -2.15. The van der Waals surface area contributed by atoms with Crippen LogP contribution < -0.4 is 5.32 Å². The van der Waals surface area contributed by atoms with Crippen molar-refractivity contribution in [1.29, 1.82) is 0 Å². The Labute approximate surface area is 107 Å². The minimum Gasteiger partial charge on any atom is -0.465 e. The maximum absolute atomic E-state index is 11.8. The predicted octanol–water partition coefficient (Wildman–Crippen LogP) is 2.66. The van der Waals surface area contributed by atoms with Gasteiger partial charge in [-0.1, -0.05) is 36.4 Å². The molecule has 2 aromatic rings. The van der Waals surface area contributed by atoms with Crippen LogP contribution in [0.4, 0.5) is 0 Å². The third-order valence-electron chi connectivity index (χ3n) is 2.92. The first-order valence-corrected chi connectivity index (χ1v) is 6.09. The monoisotopic (exact) mass is 243 g/mol. The fourth-order valence-electron chi connectivity index (χ4n) is 2.03. The summed E-state index contributed by atoms with van der Waals surface area (Å²) in [4.78, 5) is 11.8. The van der Waals surface area contributed by atoms with Crippen LogP contribution in [-0.2, 0) is 9.53 Å². The lowest BCUT2D eigenvalue weighted by molar-refractivity contribution is -0.145. The van der Waals surface area contributed by atoms with Crippen LogP contribution in [-0.4, -0.2) is 19.6 Å². The van der Waals surface area contributed by atoms with E-state index >= 15 is 0 Å². The molecule has 3 heteroatoms. The number of likely N-dealkylation sites (N-methyl/N-ethyl adjacent to an activating group) is 1. The highest BCUT2D eigenvalue weighted by Gasteiger charge is 2.19. The van der Waals surface area contributed by atoms with Crippen LogP contribution in [0.25, 0.3) is 10.8 Å². The number of esters is 1. The zero-order valence-electron chi connectivity index (χ0n) is 10.6. The molecular weight excluding hydrogens is 226 g/mol. The third-order valence-corrected chi connectivity index (χ3v) is 2.92. The fraction of sp³-hybridized carbons (Fsp3) is 0.267. The van der Waals surface area contributed by atoms with Crippen LogP contribution in [0, 0.1) is 0 Å². The molecule has 0 radical (unpaired) electrons. The van der Waals surface area contributed by atoms with Crippen molar-refractivity contribution in [2.24, 2.45) is 0 Å². The van der Waals surface area contributed by atoms with Crippen molar-refractivity contribution in [3.63, 3.8) is 0 Å². The summed E-state index contributed by atoms with van der Waals surface area (Å²) in [6, 6.07) is 13.7. The molecule has 0 aliphatic heterocycles. The molecule has 2 aromatic carbocycles. The minimum atomic E-state index is -0.408. The molecule has 0 aliphatic carbocycles. The Bertz CT molecular complexity index is 551. The van der Waals surface area contributed by atoms with Crippen LogP contribution in [0.2, 0.25) is 0 Å². The van der Waals surface area contributed by atoms with Gasteiger partial charge in [0, 0.05) is 0 Å². The van der Waals surface area contributed by atoms with Gasteiger partial charge in [0.25, 0.3) is 0 Å². The summed E-state index contributed by atoms with van der Waals surface area (Å²) >= 11 is 0. The van der Waals surface area contributed by atoms with Crippen molar-refractivity contribution in [2.75, 3.05) is 13.7 Å². The summed E-state index contributed by atoms with van der Waals surface area (Å²) in [5, 5.41) is 5.28. The maximum atomic E-state index is 11.8. The van der Waals surface area contributed by atoms with Crippen molar-refractivity contribution < 1.29 is 9.53 Å². The second-order valence-corrected chi connectivity index (χ2v) is 4.08. The van der Waals surface area contributed by atoms with Gasteiger partial charge in [-0.05, 0) is 36.4 Å². The zero-order chi connectivity index (χ0) is 13.0. The molecule has 1 N–H and O–H groups in total. The van der Waals surface area contributed by atoms with E-state index < -0.39 is 6.04 Å². The Morgan fingerprint density at radius 1 is 1.22 bits per heavy atom. The molecule has 0 spiro atoms. The molecule has 18 heavy (non-hydrogen) atoms. The van der Waals surface area contributed by atoms with E-state index in [-0.39, 0.29) is 5.97 Å². The first-order valence-electron chi connectivity index (χ1n) is 6.09. The Morgan fingerprint density at radius 2 is 1.94 bits per heavy atom. The smallest absolute Gasteiger partial charge is 0.327 e. The van der Waals surface area contributed by atoms with Gasteiger partial charge in [-0.3, -0.25) is 0 Å². The van der Waals surface area contributed by atoms with Crippen molar-refractivity contribution in [3.8, 4) is 0 Å². The largest absolute Gasteiger partial charge is 0.465 e. The summed E-state index contributed by atoms with van der Waals surface area (Å²) in [5.41, 5.74) is 0.926. The molecule has 0 bridgehead atoms. The van der Waals surface area contributed by atoms with E-state index in [9.17, 15) is 4.79 Å². The number of hydrogen-bond donors (Lipinski definition) is 1. The topological polar surface area (TPSA) is 38.3 Å². The number of hydrogen-bond acceptors (Lipinski definition) is 3. The SMILES string of the molecule is CCOC(=O)C(NC)c1ccc2ccccc2c1. The van der Waals surface area contributed by atoms with Crippen molar-refractivity contribution in [1.82, 2.24) is 5.32 Å². The number of carbonyl (C=O) groups excluding carboxylic acids is 1. The van der Waals surface area contributed by atoms with Crippen molar-refractivity contribution in [3.05, 3.63) is 48.0 Å². The highest BCUT2D eigenvalue weighted by atomic mass is 16.5. The Hall–Kier alpha value is -1.87. The van der Waals surface area contributed by atoms with E-state index in [1.165, 1.54) is 5.39 Å². The first kappa shape index (κ1) is 12.6. The quantitative estimate of drug-likeness (QED) is 0.839. The van der Waals surface area contributed by atoms with Gasteiger partial charge in [0.2, 0.25) is 0 Å². The highest BCUT2D eigenvalue weighted by Crippen LogP contribution is 2.21. The summed E-state index contributed by atoms with van der Waals surface area (Å²) in [5.74, 6) is -0.240. The van der Waals surface area contributed by atoms with Gasteiger partial charge in [0.05, 0.1) is 6.61 Å². The van der Waals surface area contributed by atoms with Crippen LogP contribution in [0.5, 0.6) is 0 Å². The highest BCUT2D eigenvalue weighted by molar-refractivity contribution is 5.85. The van der Waals surface area contributed by atoms with Crippen molar-refractivity contribution >= 4 is 16.7 Å². The van der Waals surface area contributed by atoms with E-state index in [1.54, 1.807) is 7.05 Å². The van der Waals surface area contributed by atoms with Crippen LogP contribution in [0.15, 0.2) is 42.5 Å². The fourth-order valence-corrected chi connectivity index (χ4v) is 2.03. The molecule has 2 rings (SSSR count). The van der Waals surface area contributed by atoms with Gasteiger partial charge < -0.3 is 10.1 Å². The Kier molecular flexibility index (Phi) is 3.95. The zero-order valence-corrected chi connectivity index (χ0v) is 10.6. The molecule has 0 aliphatic rings. The van der Waals surface area contributed by atoms with E-state index in [1.807, 2.05) is 43.3 Å². The van der Waals surface area contributed by atoms with Crippen LogP contribution >= 0.6 is 0 Å². The molecule has 1 unspecified atom stereocenters. The lowest BCUT2D eigenvalue weighted by Crippen LogP contribution is -2.27. The van der Waals surface area contributed by atoms with Gasteiger partial charge in [-0.2, -0.15) is 0 Å². The Morgan fingerprint density at radius 3 is 2.61 bits per heavy atom.